The van der Waals surface area contributed by atoms with Gasteiger partial charge in [0.15, 0.2) is 0 Å². The van der Waals surface area contributed by atoms with E-state index >= 15 is 0 Å². The van der Waals surface area contributed by atoms with E-state index in [1.165, 1.54) is 36.3 Å². The Kier molecular flexibility index (Phi) is 5.33. The molecule has 0 unspecified atom stereocenters. The highest BCUT2D eigenvalue weighted by Crippen LogP contribution is 2.34. The quantitative estimate of drug-likeness (QED) is 0.632. The summed E-state index contributed by atoms with van der Waals surface area (Å²) in [4.78, 5) is 11.2. The lowest BCUT2D eigenvalue weighted by Gasteiger charge is -2.15. The number of halogens is 3. The largest absolute Gasteiger partial charge is 0.465 e. The first kappa shape index (κ1) is 20.4. The summed E-state index contributed by atoms with van der Waals surface area (Å²) in [5, 5.41) is 3.93. The summed E-state index contributed by atoms with van der Waals surface area (Å²) in [7, 11) is -3.07. The van der Waals surface area contributed by atoms with Crippen molar-refractivity contribution in [2.24, 2.45) is 0 Å². The summed E-state index contributed by atoms with van der Waals surface area (Å²) < 4.78 is 72.7. The summed E-state index contributed by atoms with van der Waals surface area (Å²) in [6, 6.07) is 8.96. The molecule has 1 N–H and O–H groups in total. The van der Waals surface area contributed by atoms with Gasteiger partial charge in [-0.25, -0.2) is 17.9 Å². The number of benzene rings is 2. The zero-order chi connectivity index (χ0) is 21.2. The van der Waals surface area contributed by atoms with Crippen LogP contribution in [0.3, 0.4) is 0 Å². The van der Waals surface area contributed by atoms with Crippen molar-refractivity contribution in [3.8, 4) is 5.69 Å². The zero-order valence-corrected chi connectivity index (χ0v) is 15.7. The smallest absolute Gasteiger partial charge is 0.416 e. The molecule has 0 amide bonds. The van der Waals surface area contributed by atoms with E-state index in [-0.39, 0.29) is 21.8 Å². The third-order valence-electron chi connectivity index (χ3n) is 3.91. The molecule has 0 atom stereocenters. The lowest BCUT2D eigenvalue weighted by molar-refractivity contribution is -0.137. The fraction of sp³-hybridized carbons (Fsp3) is 0.111. The van der Waals surface area contributed by atoms with E-state index in [0.717, 1.165) is 24.3 Å². The topological polar surface area (TPSA) is 90.3 Å². The van der Waals surface area contributed by atoms with Gasteiger partial charge in [0.25, 0.3) is 10.0 Å². The van der Waals surface area contributed by atoms with Crippen LogP contribution in [0.25, 0.3) is 5.69 Å². The molecule has 3 rings (SSSR count). The third kappa shape index (κ3) is 4.40. The molecular formula is C18H14F3N3O4S. The number of hydrogen-bond acceptors (Lipinski definition) is 5. The van der Waals surface area contributed by atoms with E-state index in [4.69, 9.17) is 0 Å². The molecule has 0 saturated carbocycles. The number of ether oxygens (including phenoxy) is 1. The predicted molar refractivity (Wildman–Crippen MR) is 97.2 cm³/mol. The molecule has 0 saturated heterocycles. The number of carbonyl (C=O) groups excluding carboxylic acids is 1. The van der Waals surface area contributed by atoms with Crippen molar-refractivity contribution in [3.63, 3.8) is 0 Å². The van der Waals surface area contributed by atoms with Crippen molar-refractivity contribution < 1.29 is 31.1 Å². The van der Waals surface area contributed by atoms with Crippen LogP contribution in [0.2, 0.25) is 0 Å². The molecule has 0 fully saturated rings. The van der Waals surface area contributed by atoms with E-state index < -0.39 is 27.7 Å². The fourth-order valence-corrected chi connectivity index (χ4v) is 3.56. The van der Waals surface area contributed by atoms with Gasteiger partial charge >= 0.3 is 12.1 Å². The van der Waals surface area contributed by atoms with Gasteiger partial charge in [-0.15, -0.1) is 0 Å². The van der Waals surface area contributed by atoms with Gasteiger partial charge < -0.3 is 4.74 Å². The van der Waals surface area contributed by atoms with Crippen LogP contribution in [0.5, 0.6) is 0 Å². The summed E-state index contributed by atoms with van der Waals surface area (Å²) in [6.07, 6.45) is -1.79. The zero-order valence-electron chi connectivity index (χ0n) is 14.8. The van der Waals surface area contributed by atoms with E-state index in [0.29, 0.717) is 6.07 Å². The molecule has 0 spiro atoms. The SMILES string of the molecule is COC(=O)c1ccc(S(=O)(=O)Nc2cc(C(F)(F)F)ccc2-n2cccn2)cc1. The molecule has 0 aliphatic carbocycles. The maximum Gasteiger partial charge on any atom is 0.416 e. The van der Waals surface area contributed by atoms with E-state index in [2.05, 4.69) is 14.6 Å². The monoisotopic (exact) mass is 425 g/mol. The van der Waals surface area contributed by atoms with Crippen LogP contribution in [0.15, 0.2) is 65.8 Å². The molecule has 0 aliphatic rings. The second-order valence-corrected chi connectivity index (χ2v) is 7.48. The normalized spacial score (nSPS) is 11.9. The third-order valence-corrected chi connectivity index (χ3v) is 5.29. The van der Waals surface area contributed by atoms with E-state index in [1.807, 2.05) is 0 Å². The highest BCUT2D eigenvalue weighted by atomic mass is 32.2. The maximum absolute atomic E-state index is 13.1. The van der Waals surface area contributed by atoms with Crippen molar-refractivity contribution in [1.82, 2.24) is 9.78 Å². The number of alkyl halides is 3. The second-order valence-electron chi connectivity index (χ2n) is 5.80. The Morgan fingerprint density at radius 3 is 2.38 bits per heavy atom. The van der Waals surface area contributed by atoms with Crippen LogP contribution >= 0.6 is 0 Å². The lowest BCUT2D eigenvalue weighted by Crippen LogP contribution is -2.16. The van der Waals surface area contributed by atoms with Gasteiger partial charge in [0.1, 0.15) is 0 Å². The van der Waals surface area contributed by atoms with Crippen LogP contribution in [0.1, 0.15) is 15.9 Å². The summed E-state index contributed by atoms with van der Waals surface area (Å²) in [5.41, 5.74) is -1.09. The summed E-state index contributed by atoms with van der Waals surface area (Å²) in [5.74, 6) is -0.652. The Hall–Kier alpha value is -3.34. The average Bonchev–Trinajstić information content (AvgIpc) is 3.21. The Bertz CT molecular complexity index is 1130. The highest BCUT2D eigenvalue weighted by Gasteiger charge is 2.32. The van der Waals surface area contributed by atoms with Crippen LogP contribution in [-0.4, -0.2) is 31.3 Å². The number of hydrogen-bond donors (Lipinski definition) is 1. The van der Waals surface area contributed by atoms with Gasteiger partial charge in [-0.05, 0) is 48.5 Å². The van der Waals surface area contributed by atoms with Crippen LogP contribution in [0, 0.1) is 0 Å². The molecule has 2 aromatic carbocycles. The van der Waals surface area contributed by atoms with Gasteiger partial charge in [-0.2, -0.15) is 18.3 Å². The average molecular weight is 425 g/mol. The van der Waals surface area contributed by atoms with Gasteiger partial charge in [-0.3, -0.25) is 4.72 Å². The molecule has 152 valence electrons. The molecule has 29 heavy (non-hydrogen) atoms. The Labute approximate surface area is 163 Å². The molecular weight excluding hydrogens is 411 g/mol. The minimum absolute atomic E-state index is 0.109. The van der Waals surface area contributed by atoms with Crippen molar-refractivity contribution in [2.45, 2.75) is 11.1 Å². The molecule has 1 aromatic heterocycles. The Morgan fingerprint density at radius 1 is 1.14 bits per heavy atom. The molecule has 3 aromatic rings. The number of aromatic nitrogens is 2. The predicted octanol–water partition coefficient (Wildman–Crippen LogP) is 3.48. The number of rotatable bonds is 5. The molecule has 0 aliphatic heterocycles. The molecule has 0 radical (unpaired) electrons. The Balaban J connectivity index is 2.02. The highest BCUT2D eigenvalue weighted by molar-refractivity contribution is 7.92. The van der Waals surface area contributed by atoms with Gasteiger partial charge in [0, 0.05) is 12.4 Å². The number of nitrogens with one attached hydrogen (secondary N) is 1. The van der Waals surface area contributed by atoms with E-state index in [9.17, 15) is 26.4 Å². The molecule has 7 nitrogen and oxygen atoms in total. The van der Waals surface area contributed by atoms with Crippen LogP contribution < -0.4 is 4.72 Å². The molecule has 1 heterocycles. The first-order chi connectivity index (χ1) is 13.6. The van der Waals surface area contributed by atoms with Crippen molar-refractivity contribution in [2.75, 3.05) is 11.8 Å². The molecule has 0 bridgehead atoms. The van der Waals surface area contributed by atoms with Gasteiger partial charge in [0.2, 0.25) is 0 Å². The fourth-order valence-electron chi connectivity index (χ4n) is 2.50. The maximum atomic E-state index is 13.1. The summed E-state index contributed by atoms with van der Waals surface area (Å²) >= 11 is 0. The number of anilines is 1. The number of nitrogens with zero attached hydrogens (tertiary/aromatic N) is 2. The number of methoxy groups -OCH3 is 1. The first-order valence-electron chi connectivity index (χ1n) is 8.04. The van der Waals surface area contributed by atoms with Crippen LogP contribution in [-0.2, 0) is 20.9 Å². The van der Waals surface area contributed by atoms with E-state index in [1.54, 1.807) is 6.07 Å². The lowest BCUT2D eigenvalue weighted by atomic mass is 10.1. The van der Waals surface area contributed by atoms with Gasteiger partial charge in [0.05, 0.1) is 34.5 Å². The Morgan fingerprint density at radius 2 is 1.83 bits per heavy atom. The first-order valence-corrected chi connectivity index (χ1v) is 9.52. The van der Waals surface area contributed by atoms with Gasteiger partial charge in [-0.1, -0.05) is 0 Å². The minimum atomic E-state index is -4.66. The number of esters is 1. The van der Waals surface area contributed by atoms with Crippen molar-refractivity contribution >= 4 is 21.7 Å². The number of sulfonamides is 1. The summed E-state index contributed by atoms with van der Waals surface area (Å²) in [6.45, 7) is 0. The minimum Gasteiger partial charge on any atom is -0.465 e. The van der Waals surface area contributed by atoms with Crippen LogP contribution in [0.4, 0.5) is 18.9 Å². The van der Waals surface area contributed by atoms with Crippen molar-refractivity contribution in [1.29, 1.82) is 0 Å². The number of carbonyl (C=O) groups is 1. The van der Waals surface area contributed by atoms with Crippen molar-refractivity contribution in [3.05, 3.63) is 72.1 Å². The second kappa shape index (κ2) is 7.59. The molecule has 11 heteroatoms. The standard InChI is InChI=1S/C18H14F3N3O4S/c1-28-17(25)12-3-6-14(7-4-12)29(26,27)23-15-11-13(18(19,20)21)5-8-16(15)24-10-2-9-22-24/h2-11,23H,1H3.